The SMILES string of the molecule is NCC(O)Cn1cc(Br)cc([N+](=O)[O-])c1=O. The van der Waals surface area contributed by atoms with E-state index >= 15 is 0 Å². The summed E-state index contributed by atoms with van der Waals surface area (Å²) >= 11 is 3.05. The second-order valence-corrected chi connectivity index (χ2v) is 4.06. The van der Waals surface area contributed by atoms with Crippen molar-refractivity contribution < 1.29 is 10.0 Å². The van der Waals surface area contributed by atoms with E-state index in [1.54, 1.807) is 0 Å². The van der Waals surface area contributed by atoms with Gasteiger partial charge in [0.1, 0.15) is 0 Å². The van der Waals surface area contributed by atoms with Crippen LogP contribution in [0.3, 0.4) is 0 Å². The number of nitrogens with zero attached hydrogens (tertiary/aromatic N) is 2. The molecule has 16 heavy (non-hydrogen) atoms. The number of nitro groups is 1. The molecule has 0 bridgehead atoms. The topological polar surface area (TPSA) is 111 Å². The number of halogens is 1. The Morgan fingerprint density at radius 2 is 2.31 bits per heavy atom. The van der Waals surface area contributed by atoms with Crippen LogP contribution in [0, 0.1) is 10.1 Å². The molecule has 1 aromatic rings. The molecule has 0 aliphatic rings. The molecule has 1 unspecified atom stereocenters. The van der Waals surface area contributed by atoms with Gasteiger partial charge < -0.3 is 15.4 Å². The van der Waals surface area contributed by atoms with Crippen LogP contribution in [-0.4, -0.2) is 27.2 Å². The third-order valence-electron chi connectivity index (χ3n) is 1.91. The fourth-order valence-corrected chi connectivity index (χ4v) is 1.62. The molecule has 0 aliphatic carbocycles. The molecule has 1 aromatic heterocycles. The Kier molecular flexibility index (Phi) is 4.16. The Bertz CT molecular complexity index is 459. The van der Waals surface area contributed by atoms with Crippen LogP contribution in [-0.2, 0) is 6.54 Å². The van der Waals surface area contributed by atoms with E-state index in [-0.39, 0.29) is 13.1 Å². The number of aliphatic hydroxyl groups excluding tert-OH is 1. The highest BCUT2D eigenvalue weighted by Crippen LogP contribution is 2.13. The predicted molar refractivity (Wildman–Crippen MR) is 60.1 cm³/mol. The average Bonchev–Trinajstić information content (AvgIpc) is 2.22. The van der Waals surface area contributed by atoms with Crippen molar-refractivity contribution >= 4 is 21.6 Å². The Labute approximate surface area is 98.8 Å². The highest BCUT2D eigenvalue weighted by Gasteiger charge is 2.17. The molecule has 88 valence electrons. The maximum atomic E-state index is 11.6. The summed E-state index contributed by atoms with van der Waals surface area (Å²) in [5.41, 5.74) is 3.89. The minimum atomic E-state index is -0.911. The van der Waals surface area contributed by atoms with Gasteiger partial charge in [-0.05, 0) is 15.9 Å². The minimum absolute atomic E-state index is 0.0211. The van der Waals surface area contributed by atoms with E-state index in [1.807, 2.05) is 0 Å². The average molecular weight is 292 g/mol. The van der Waals surface area contributed by atoms with Crippen LogP contribution in [0.1, 0.15) is 0 Å². The van der Waals surface area contributed by atoms with E-state index in [2.05, 4.69) is 15.9 Å². The lowest BCUT2D eigenvalue weighted by molar-refractivity contribution is -0.386. The molecule has 0 fully saturated rings. The molecule has 0 radical (unpaired) electrons. The van der Waals surface area contributed by atoms with Crippen molar-refractivity contribution in [2.24, 2.45) is 5.73 Å². The summed E-state index contributed by atoms with van der Waals surface area (Å²) in [7, 11) is 0. The lowest BCUT2D eigenvalue weighted by Crippen LogP contribution is -2.31. The van der Waals surface area contributed by atoms with E-state index in [9.17, 15) is 20.0 Å². The maximum Gasteiger partial charge on any atom is 0.335 e. The summed E-state index contributed by atoms with van der Waals surface area (Å²) in [4.78, 5) is 21.4. The Hall–Kier alpha value is -1.25. The van der Waals surface area contributed by atoms with Gasteiger partial charge in [0.15, 0.2) is 0 Å². The number of aliphatic hydroxyl groups is 1. The molecule has 1 heterocycles. The van der Waals surface area contributed by atoms with Gasteiger partial charge in [-0.2, -0.15) is 0 Å². The summed E-state index contributed by atoms with van der Waals surface area (Å²) < 4.78 is 1.45. The highest BCUT2D eigenvalue weighted by molar-refractivity contribution is 9.10. The molecule has 7 nitrogen and oxygen atoms in total. The zero-order chi connectivity index (χ0) is 12.3. The molecule has 0 saturated heterocycles. The zero-order valence-corrected chi connectivity index (χ0v) is 9.75. The van der Waals surface area contributed by atoms with E-state index in [1.165, 1.54) is 6.20 Å². The van der Waals surface area contributed by atoms with Gasteiger partial charge in [0.2, 0.25) is 0 Å². The van der Waals surface area contributed by atoms with Gasteiger partial charge in [-0.15, -0.1) is 0 Å². The molecule has 1 atom stereocenters. The van der Waals surface area contributed by atoms with Crippen LogP contribution in [0.4, 0.5) is 5.69 Å². The van der Waals surface area contributed by atoms with E-state index in [0.29, 0.717) is 4.47 Å². The number of nitrogens with two attached hydrogens (primary N) is 1. The van der Waals surface area contributed by atoms with Gasteiger partial charge in [0, 0.05) is 23.3 Å². The second kappa shape index (κ2) is 5.19. The lowest BCUT2D eigenvalue weighted by atomic mass is 10.3. The summed E-state index contributed by atoms with van der Waals surface area (Å²) in [6, 6.07) is 1.12. The third kappa shape index (κ3) is 2.87. The van der Waals surface area contributed by atoms with Crippen molar-refractivity contribution in [2.45, 2.75) is 12.6 Å². The third-order valence-corrected chi connectivity index (χ3v) is 2.34. The van der Waals surface area contributed by atoms with Crippen molar-refractivity contribution in [3.63, 3.8) is 0 Å². The molecular formula is C8H10BrN3O4. The van der Waals surface area contributed by atoms with Gasteiger partial charge in [0.25, 0.3) is 0 Å². The quantitative estimate of drug-likeness (QED) is 0.591. The second-order valence-electron chi connectivity index (χ2n) is 3.15. The summed E-state index contributed by atoms with van der Waals surface area (Å²) in [5, 5.41) is 19.9. The number of pyridine rings is 1. The molecule has 1 rings (SSSR count). The van der Waals surface area contributed by atoms with Crippen LogP contribution in [0.5, 0.6) is 0 Å². The van der Waals surface area contributed by atoms with E-state index in [0.717, 1.165) is 10.6 Å². The molecule has 0 spiro atoms. The largest absolute Gasteiger partial charge is 0.390 e. The maximum absolute atomic E-state index is 11.6. The first-order valence-corrected chi connectivity index (χ1v) is 5.17. The first kappa shape index (κ1) is 12.8. The number of hydrogen-bond donors (Lipinski definition) is 2. The Balaban J connectivity index is 3.19. The zero-order valence-electron chi connectivity index (χ0n) is 8.17. The first-order chi connectivity index (χ1) is 7.45. The number of hydrogen-bond acceptors (Lipinski definition) is 5. The fourth-order valence-electron chi connectivity index (χ4n) is 1.15. The fraction of sp³-hybridized carbons (Fsp3) is 0.375. The summed E-state index contributed by atoms with van der Waals surface area (Å²) in [6.07, 6.45) is 0.459. The normalized spacial score (nSPS) is 12.4. The van der Waals surface area contributed by atoms with Crippen molar-refractivity contribution in [1.82, 2.24) is 4.57 Å². The van der Waals surface area contributed by atoms with Crippen molar-refractivity contribution in [2.75, 3.05) is 6.54 Å². The summed E-state index contributed by atoms with van der Waals surface area (Å²) in [6.45, 7) is -0.0949. The molecule has 0 saturated carbocycles. The monoisotopic (exact) mass is 291 g/mol. The smallest absolute Gasteiger partial charge is 0.335 e. The van der Waals surface area contributed by atoms with E-state index in [4.69, 9.17) is 5.73 Å². The Morgan fingerprint density at radius 1 is 1.69 bits per heavy atom. The first-order valence-electron chi connectivity index (χ1n) is 4.38. The number of rotatable bonds is 4. The van der Waals surface area contributed by atoms with Crippen LogP contribution in [0.25, 0.3) is 0 Å². The van der Waals surface area contributed by atoms with Gasteiger partial charge in [0.05, 0.1) is 17.6 Å². The van der Waals surface area contributed by atoms with Crippen LogP contribution < -0.4 is 11.3 Å². The summed E-state index contributed by atoms with van der Waals surface area (Å²) in [5.74, 6) is 0. The van der Waals surface area contributed by atoms with Crippen LogP contribution in [0.15, 0.2) is 21.5 Å². The standard InChI is InChI=1S/C8H10BrN3O4/c9-5-1-7(12(15)16)8(14)11(3-5)4-6(13)2-10/h1,3,6,13H,2,4,10H2. The lowest BCUT2D eigenvalue weighted by Gasteiger charge is -2.10. The predicted octanol–water partition coefficient (Wildman–Crippen LogP) is -0.161. The molecule has 8 heteroatoms. The Morgan fingerprint density at radius 3 is 2.81 bits per heavy atom. The number of aromatic nitrogens is 1. The minimum Gasteiger partial charge on any atom is -0.390 e. The van der Waals surface area contributed by atoms with Gasteiger partial charge >= 0.3 is 11.2 Å². The van der Waals surface area contributed by atoms with Crippen molar-refractivity contribution in [3.05, 3.63) is 37.2 Å². The van der Waals surface area contributed by atoms with Crippen LogP contribution in [0.2, 0.25) is 0 Å². The molecular weight excluding hydrogens is 282 g/mol. The van der Waals surface area contributed by atoms with Crippen molar-refractivity contribution in [1.29, 1.82) is 0 Å². The molecule has 0 aliphatic heterocycles. The van der Waals surface area contributed by atoms with Crippen molar-refractivity contribution in [3.8, 4) is 0 Å². The van der Waals surface area contributed by atoms with Gasteiger partial charge in [-0.25, -0.2) is 0 Å². The van der Waals surface area contributed by atoms with E-state index < -0.39 is 22.3 Å². The molecule has 3 N–H and O–H groups in total. The van der Waals surface area contributed by atoms with Gasteiger partial charge in [-0.3, -0.25) is 14.9 Å². The van der Waals surface area contributed by atoms with Gasteiger partial charge in [-0.1, -0.05) is 0 Å². The molecule has 0 amide bonds. The molecule has 0 aromatic carbocycles. The van der Waals surface area contributed by atoms with Crippen LogP contribution >= 0.6 is 15.9 Å². The highest BCUT2D eigenvalue weighted by atomic mass is 79.9.